The molecule has 0 heterocycles. The molecule has 0 radical (unpaired) electrons. The zero-order valence-electron chi connectivity index (χ0n) is 17.8. The van der Waals surface area contributed by atoms with Gasteiger partial charge in [-0.15, -0.1) is 0 Å². The average molecular weight is 470 g/mol. The van der Waals surface area contributed by atoms with E-state index < -0.39 is 28.2 Å². The van der Waals surface area contributed by atoms with Crippen LogP contribution in [0.2, 0.25) is 0 Å². The Bertz CT molecular complexity index is 1180. The summed E-state index contributed by atoms with van der Waals surface area (Å²) in [4.78, 5) is 24.4. The van der Waals surface area contributed by atoms with E-state index in [1.807, 2.05) is 18.2 Å². The van der Waals surface area contributed by atoms with Crippen molar-refractivity contribution in [1.29, 1.82) is 0 Å². The topological polar surface area (TPSA) is 108 Å². The summed E-state index contributed by atoms with van der Waals surface area (Å²) in [5.41, 5.74) is 1.35. The lowest BCUT2D eigenvalue weighted by molar-refractivity contribution is -0.143. The standard InChI is InChI=1S/C24H23NO7S/c1-30-23(26)22(25-24(27)31-17-18-9-4-2-5-10-18)16-19-11-8-12-20(15-19)32-33(28,29)21-13-6-3-7-14-21/h2-15,22H,16-17H2,1H3,(H,25,27)/t22-/m0/s1. The summed E-state index contributed by atoms with van der Waals surface area (Å²) < 4.78 is 40.1. The summed E-state index contributed by atoms with van der Waals surface area (Å²) in [5, 5.41) is 2.49. The maximum atomic E-state index is 12.5. The van der Waals surface area contributed by atoms with E-state index >= 15 is 0 Å². The highest BCUT2D eigenvalue weighted by atomic mass is 32.2. The van der Waals surface area contributed by atoms with Crippen LogP contribution in [0.4, 0.5) is 4.79 Å². The molecule has 3 aromatic rings. The zero-order chi connectivity index (χ0) is 23.7. The van der Waals surface area contributed by atoms with Crippen molar-refractivity contribution in [2.75, 3.05) is 7.11 Å². The number of nitrogens with one attached hydrogen (secondary N) is 1. The molecule has 0 saturated heterocycles. The highest BCUT2D eigenvalue weighted by Crippen LogP contribution is 2.20. The largest absolute Gasteiger partial charge is 0.467 e. The van der Waals surface area contributed by atoms with Crippen LogP contribution in [0.15, 0.2) is 89.8 Å². The molecule has 1 N–H and O–H groups in total. The van der Waals surface area contributed by atoms with Crippen LogP contribution in [0.3, 0.4) is 0 Å². The van der Waals surface area contributed by atoms with E-state index in [2.05, 4.69) is 5.32 Å². The van der Waals surface area contributed by atoms with Gasteiger partial charge in [0.15, 0.2) is 0 Å². The molecule has 0 bridgehead atoms. The molecule has 3 rings (SSSR count). The van der Waals surface area contributed by atoms with Crippen molar-refractivity contribution in [1.82, 2.24) is 5.32 Å². The maximum absolute atomic E-state index is 12.5. The first kappa shape index (κ1) is 23.8. The predicted octanol–water partition coefficient (Wildman–Crippen LogP) is 3.46. The molecule has 33 heavy (non-hydrogen) atoms. The van der Waals surface area contributed by atoms with Gasteiger partial charge in [0.25, 0.3) is 0 Å². The Morgan fingerprint density at radius 2 is 1.52 bits per heavy atom. The molecule has 0 aliphatic carbocycles. The fraction of sp³-hybridized carbons (Fsp3) is 0.167. The van der Waals surface area contributed by atoms with Crippen molar-refractivity contribution in [2.45, 2.75) is 24.0 Å². The van der Waals surface area contributed by atoms with Crippen LogP contribution in [0.1, 0.15) is 11.1 Å². The predicted molar refractivity (Wildman–Crippen MR) is 120 cm³/mol. The molecule has 8 nitrogen and oxygen atoms in total. The third-order valence-corrected chi connectivity index (χ3v) is 5.83. The first-order valence-electron chi connectivity index (χ1n) is 10.0. The van der Waals surface area contributed by atoms with E-state index in [1.165, 1.54) is 31.4 Å². The SMILES string of the molecule is COC(=O)[C@H](Cc1cccc(OS(=O)(=O)c2ccccc2)c1)NC(=O)OCc1ccccc1. The molecule has 0 aliphatic rings. The number of ether oxygens (including phenoxy) is 2. The molecule has 1 amide bonds. The van der Waals surface area contributed by atoms with Gasteiger partial charge in [0.1, 0.15) is 23.3 Å². The second-order valence-corrected chi connectivity index (χ2v) is 8.53. The summed E-state index contributed by atoms with van der Waals surface area (Å²) in [6.07, 6.45) is -0.747. The fourth-order valence-corrected chi connectivity index (χ4v) is 3.91. The fourth-order valence-electron chi connectivity index (χ4n) is 2.96. The normalized spacial score (nSPS) is 11.8. The second-order valence-electron chi connectivity index (χ2n) is 6.98. The smallest absolute Gasteiger partial charge is 0.408 e. The highest BCUT2D eigenvalue weighted by molar-refractivity contribution is 7.87. The zero-order valence-corrected chi connectivity index (χ0v) is 18.7. The van der Waals surface area contributed by atoms with Crippen LogP contribution in [-0.4, -0.2) is 33.6 Å². The van der Waals surface area contributed by atoms with Gasteiger partial charge < -0.3 is 19.0 Å². The van der Waals surface area contributed by atoms with Crippen LogP contribution in [-0.2, 0) is 37.4 Å². The van der Waals surface area contributed by atoms with E-state index in [1.54, 1.807) is 42.5 Å². The Balaban J connectivity index is 1.67. The third-order valence-electron chi connectivity index (χ3n) is 4.57. The molecule has 1 atom stereocenters. The Morgan fingerprint density at radius 3 is 2.18 bits per heavy atom. The quantitative estimate of drug-likeness (QED) is 0.378. The van der Waals surface area contributed by atoms with Crippen molar-refractivity contribution in [2.24, 2.45) is 0 Å². The number of benzene rings is 3. The third kappa shape index (κ3) is 7.08. The van der Waals surface area contributed by atoms with Gasteiger partial charge in [0, 0.05) is 6.42 Å². The molecule has 0 aliphatic heterocycles. The van der Waals surface area contributed by atoms with Gasteiger partial charge in [0.05, 0.1) is 7.11 Å². The molecule has 0 unspecified atom stereocenters. The Morgan fingerprint density at radius 1 is 0.879 bits per heavy atom. The molecular formula is C24H23NO7S. The van der Waals surface area contributed by atoms with Crippen molar-refractivity contribution in [3.63, 3.8) is 0 Å². The van der Waals surface area contributed by atoms with Crippen LogP contribution >= 0.6 is 0 Å². The molecule has 9 heteroatoms. The van der Waals surface area contributed by atoms with Crippen LogP contribution in [0.25, 0.3) is 0 Å². The maximum Gasteiger partial charge on any atom is 0.408 e. The van der Waals surface area contributed by atoms with Crippen molar-refractivity contribution < 1.29 is 31.7 Å². The van der Waals surface area contributed by atoms with Crippen LogP contribution < -0.4 is 9.50 Å². The molecular weight excluding hydrogens is 446 g/mol. The number of methoxy groups -OCH3 is 1. The van der Waals surface area contributed by atoms with Crippen molar-refractivity contribution >= 4 is 22.2 Å². The van der Waals surface area contributed by atoms with E-state index in [9.17, 15) is 18.0 Å². The second kappa shape index (κ2) is 11.1. The van der Waals surface area contributed by atoms with Crippen LogP contribution in [0.5, 0.6) is 5.75 Å². The molecule has 0 saturated carbocycles. The molecule has 172 valence electrons. The Hall–Kier alpha value is -3.85. The molecule has 3 aromatic carbocycles. The van der Waals surface area contributed by atoms with Gasteiger partial charge in [-0.2, -0.15) is 8.42 Å². The monoisotopic (exact) mass is 469 g/mol. The van der Waals surface area contributed by atoms with Gasteiger partial charge >= 0.3 is 22.2 Å². The van der Waals surface area contributed by atoms with Gasteiger partial charge in [0.2, 0.25) is 0 Å². The number of hydrogen-bond acceptors (Lipinski definition) is 7. The van der Waals surface area contributed by atoms with E-state index in [-0.39, 0.29) is 23.7 Å². The Labute approximate surface area is 192 Å². The van der Waals surface area contributed by atoms with Gasteiger partial charge in [-0.1, -0.05) is 60.7 Å². The summed E-state index contributed by atoms with van der Waals surface area (Å²) in [7, 11) is -2.81. The summed E-state index contributed by atoms with van der Waals surface area (Å²) >= 11 is 0. The number of rotatable bonds is 9. The van der Waals surface area contributed by atoms with Gasteiger partial charge in [-0.05, 0) is 35.4 Å². The summed E-state index contributed by atoms with van der Waals surface area (Å²) in [6.45, 7) is 0.0429. The summed E-state index contributed by atoms with van der Waals surface area (Å²) in [6, 6.07) is 22.0. The minimum atomic E-state index is -4.01. The number of carbonyl (C=O) groups is 2. The molecule has 0 aromatic heterocycles. The highest BCUT2D eigenvalue weighted by Gasteiger charge is 2.23. The first-order valence-corrected chi connectivity index (χ1v) is 11.4. The van der Waals surface area contributed by atoms with Crippen molar-refractivity contribution in [3.8, 4) is 5.75 Å². The van der Waals surface area contributed by atoms with Crippen LogP contribution in [0, 0.1) is 0 Å². The minimum absolute atomic E-state index is 0.0191. The lowest BCUT2D eigenvalue weighted by Gasteiger charge is -2.17. The number of amides is 1. The van der Waals surface area contributed by atoms with E-state index in [0.717, 1.165) is 5.56 Å². The lowest BCUT2D eigenvalue weighted by atomic mass is 10.1. The number of alkyl carbamates (subject to hydrolysis) is 1. The Kier molecular flexibility index (Phi) is 8.04. The minimum Gasteiger partial charge on any atom is -0.467 e. The molecule has 0 spiro atoms. The number of carbonyl (C=O) groups excluding carboxylic acids is 2. The molecule has 0 fully saturated rings. The van der Waals surface area contributed by atoms with E-state index in [4.69, 9.17) is 13.7 Å². The van der Waals surface area contributed by atoms with E-state index in [0.29, 0.717) is 5.56 Å². The lowest BCUT2D eigenvalue weighted by Crippen LogP contribution is -2.43. The summed E-state index contributed by atoms with van der Waals surface area (Å²) in [5.74, 6) is -0.596. The van der Waals surface area contributed by atoms with Gasteiger partial charge in [-0.25, -0.2) is 9.59 Å². The average Bonchev–Trinajstić information content (AvgIpc) is 2.83. The number of esters is 1. The number of hydrogen-bond donors (Lipinski definition) is 1. The first-order chi connectivity index (χ1) is 15.9. The van der Waals surface area contributed by atoms with Gasteiger partial charge in [-0.3, -0.25) is 0 Å². The van der Waals surface area contributed by atoms with Crippen molar-refractivity contribution in [3.05, 3.63) is 96.1 Å².